The molecule has 2 saturated heterocycles. The first kappa shape index (κ1) is 22.4. The number of fused-ring (bicyclic) bond motifs is 2. The number of halogens is 1. The van der Waals surface area contributed by atoms with Crippen LogP contribution in [0.25, 0.3) is 0 Å². The van der Waals surface area contributed by atoms with Crippen LogP contribution in [0.2, 0.25) is 0 Å². The zero-order valence-electron chi connectivity index (χ0n) is 19.2. The first-order chi connectivity index (χ1) is 15.6. The van der Waals surface area contributed by atoms with Gasteiger partial charge in [0.2, 0.25) is 0 Å². The topological polar surface area (TPSA) is 27.3 Å². The normalized spacial score (nSPS) is 26.1. The molecule has 0 unspecified atom stereocenters. The first-order valence-electron chi connectivity index (χ1n) is 12.1. The molecule has 0 aliphatic carbocycles. The Morgan fingerprint density at radius 1 is 1.00 bits per heavy atom. The van der Waals surface area contributed by atoms with E-state index in [1.54, 1.807) is 33.7 Å². The molecule has 0 spiro atoms. The van der Waals surface area contributed by atoms with Crippen LogP contribution in [0.15, 0.2) is 46.2 Å². The van der Waals surface area contributed by atoms with Crippen molar-refractivity contribution in [3.8, 4) is 0 Å². The van der Waals surface area contributed by atoms with Crippen LogP contribution in [-0.2, 0) is 15.9 Å². The monoisotopic (exact) mass is 458 g/mol. The van der Waals surface area contributed by atoms with E-state index >= 15 is 0 Å². The number of ether oxygens (including phenoxy) is 2. The van der Waals surface area contributed by atoms with Crippen LogP contribution >= 0.6 is 11.8 Å². The molecule has 2 N–H and O–H groups in total. The second kappa shape index (κ2) is 9.82. The summed E-state index contributed by atoms with van der Waals surface area (Å²) in [5.41, 5.74) is 4.12. The number of quaternary nitrogens is 2. The maximum atomic E-state index is 14.0. The summed E-state index contributed by atoms with van der Waals surface area (Å²) in [7, 11) is 0. The molecule has 4 nitrogen and oxygen atoms in total. The van der Waals surface area contributed by atoms with Gasteiger partial charge in [0, 0.05) is 28.2 Å². The fourth-order valence-electron chi connectivity index (χ4n) is 5.31. The minimum absolute atomic E-state index is 0.00462. The zero-order chi connectivity index (χ0) is 22.1. The van der Waals surface area contributed by atoms with Gasteiger partial charge in [-0.3, -0.25) is 0 Å². The van der Waals surface area contributed by atoms with E-state index in [9.17, 15) is 4.39 Å². The molecule has 0 bridgehead atoms. The maximum absolute atomic E-state index is 14.0. The smallest absolute Gasteiger partial charge is 0.163 e. The van der Waals surface area contributed by atoms with Crippen molar-refractivity contribution in [3.63, 3.8) is 0 Å². The standard InChI is InChI=1S/C26H33FN2O2S/c1-18(2)19-4-6-24-22(15-19)23(16-20-3-5-21(27)17-25(20)32-24)29-11-9-28(10-12-29)8-7-26-30-13-14-31-26/h3-6,15,17-18,23,26H,7-14,16H2,1-2H3/p+2/t23-/m0/s1. The van der Waals surface area contributed by atoms with E-state index < -0.39 is 0 Å². The second-order valence-electron chi connectivity index (χ2n) is 9.68. The van der Waals surface area contributed by atoms with Gasteiger partial charge in [0.15, 0.2) is 6.29 Å². The molecule has 3 aliphatic rings. The summed E-state index contributed by atoms with van der Waals surface area (Å²) >= 11 is 1.74. The quantitative estimate of drug-likeness (QED) is 0.720. The number of piperazine rings is 1. The van der Waals surface area contributed by atoms with Crippen molar-refractivity contribution in [1.82, 2.24) is 0 Å². The van der Waals surface area contributed by atoms with Crippen molar-refractivity contribution in [3.05, 3.63) is 58.9 Å². The molecule has 0 saturated carbocycles. The lowest BCUT2D eigenvalue weighted by Crippen LogP contribution is -3.28. The SMILES string of the molecule is CC(C)c1ccc2c(c1)[C@@H]([NH+]1CC[NH+](CCC3OCCO3)CC1)Cc1ccc(F)cc1S2. The van der Waals surface area contributed by atoms with Gasteiger partial charge in [-0.1, -0.05) is 37.7 Å². The summed E-state index contributed by atoms with van der Waals surface area (Å²) in [5, 5.41) is 0. The molecule has 0 aromatic heterocycles. The van der Waals surface area contributed by atoms with Crippen molar-refractivity contribution < 1.29 is 23.7 Å². The number of benzene rings is 2. The molecule has 2 aromatic carbocycles. The highest BCUT2D eigenvalue weighted by atomic mass is 32.2. The van der Waals surface area contributed by atoms with Gasteiger partial charge in [-0.15, -0.1) is 0 Å². The third kappa shape index (κ3) is 4.90. The van der Waals surface area contributed by atoms with Gasteiger partial charge in [0.05, 0.1) is 19.8 Å². The molecule has 5 rings (SSSR count). The summed E-state index contributed by atoms with van der Waals surface area (Å²) in [4.78, 5) is 5.70. The van der Waals surface area contributed by atoms with E-state index in [0.717, 1.165) is 37.5 Å². The molecule has 3 aliphatic heterocycles. The highest BCUT2D eigenvalue weighted by Crippen LogP contribution is 2.41. The molecule has 3 heterocycles. The van der Waals surface area contributed by atoms with Crippen LogP contribution in [0.3, 0.4) is 0 Å². The molecule has 0 radical (unpaired) electrons. The summed E-state index contributed by atoms with van der Waals surface area (Å²) in [6.45, 7) is 11.8. The molecule has 0 amide bonds. The average Bonchev–Trinajstić information content (AvgIpc) is 3.26. The Morgan fingerprint density at radius 3 is 2.53 bits per heavy atom. The first-order valence-corrected chi connectivity index (χ1v) is 12.9. The third-order valence-corrected chi connectivity index (χ3v) is 8.46. The zero-order valence-corrected chi connectivity index (χ0v) is 20.0. The van der Waals surface area contributed by atoms with Gasteiger partial charge < -0.3 is 19.3 Å². The minimum atomic E-state index is -0.144. The van der Waals surface area contributed by atoms with E-state index in [0.29, 0.717) is 12.0 Å². The Kier molecular flexibility index (Phi) is 6.86. The molecule has 1 atom stereocenters. The van der Waals surface area contributed by atoms with Gasteiger partial charge in [-0.25, -0.2) is 4.39 Å². The molecular weight excluding hydrogens is 423 g/mol. The average molecular weight is 459 g/mol. The van der Waals surface area contributed by atoms with Crippen LogP contribution in [0.1, 0.15) is 48.9 Å². The third-order valence-electron chi connectivity index (χ3n) is 7.27. The highest BCUT2D eigenvalue weighted by molar-refractivity contribution is 7.99. The van der Waals surface area contributed by atoms with Crippen LogP contribution in [-0.4, -0.2) is 52.2 Å². The highest BCUT2D eigenvalue weighted by Gasteiger charge is 2.35. The molecule has 172 valence electrons. The van der Waals surface area contributed by atoms with Gasteiger partial charge >= 0.3 is 0 Å². The fourth-order valence-corrected chi connectivity index (χ4v) is 6.46. The van der Waals surface area contributed by atoms with Gasteiger partial charge in [-0.05, 0) is 41.3 Å². The maximum Gasteiger partial charge on any atom is 0.163 e. The van der Waals surface area contributed by atoms with Crippen molar-refractivity contribution in [2.75, 3.05) is 45.9 Å². The van der Waals surface area contributed by atoms with Crippen LogP contribution < -0.4 is 9.80 Å². The summed E-state index contributed by atoms with van der Waals surface area (Å²) < 4.78 is 25.2. The largest absolute Gasteiger partial charge is 0.350 e. The summed E-state index contributed by atoms with van der Waals surface area (Å²) in [6.07, 6.45) is 1.97. The minimum Gasteiger partial charge on any atom is -0.350 e. The van der Waals surface area contributed by atoms with Crippen molar-refractivity contribution in [2.24, 2.45) is 0 Å². The molecule has 32 heavy (non-hydrogen) atoms. The predicted molar refractivity (Wildman–Crippen MR) is 124 cm³/mol. The van der Waals surface area contributed by atoms with E-state index in [2.05, 4.69) is 32.0 Å². The van der Waals surface area contributed by atoms with Gasteiger partial charge in [0.1, 0.15) is 38.0 Å². The van der Waals surface area contributed by atoms with Crippen LogP contribution in [0.5, 0.6) is 0 Å². The number of hydrogen-bond donors (Lipinski definition) is 2. The van der Waals surface area contributed by atoms with Crippen molar-refractivity contribution in [2.45, 2.75) is 54.7 Å². The molecule has 2 fully saturated rings. The lowest BCUT2D eigenvalue weighted by molar-refractivity contribution is -1.03. The van der Waals surface area contributed by atoms with Crippen molar-refractivity contribution in [1.29, 1.82) is 0 Å². The van der Waals surface area contributed by atoms with Crippen LogP contribution in [0, 0.1) is 5.82 Å². The van der Waals surface area contributed by atoms with E-state index in [-0.39, 0.29) is 12.1 Å². The summed E-state index contributed by atoms with van der Waals surface area (Å²) in [6, 6.07) is 12.7. The molecular formula is C26H35FN2O2S+2. The Labute approximate surface area is 195 Å². The Bertz CT molecular complexity index is 939. The second-order valence-corrected chi connectivity index (χ2v) is 10.8. The van der Waals surface area contributed by atoms with Gasteiger partial charge in [0.25, 0.3) is 0 Å². The summed E-state index contributed by atoms with van der Waals surface area (Å²) in [5.74, 6) is 0.361. The predicted octanol–water partition coefficient (Wildman–Crippen LogP) is 2.24. The molecule has 6 heteroatoms. The van der Waals surface area contributed by atoms with Crippen LogP contribution in [0.4, 0.5) is 4.39 Å². The van der Waals surface area contributed by atoms with E-state index in [1.807, 2.05) is 6.07 Å². The van der Waals surface area contributed by atoms with Gasteiger partial charge in [-0.2, -0.15) is 0 Å². The van der Waals surface area contributed by atoms with E-state index in [4.69, 9.17) is 9.47 Å². The lowest BCUT2D eigenvalue weighted by atomic mass is 9.93. The number of nitrogens with one attached hydrogen (secondary N) is 2. The number of rotatable bonds is 5. The van der Waals surface area contributed by atoms with E-state index in [1.165, 1.54) is 47.8 Å². The molecule has 2 aromatic rings. The lowest BCUT2D eigenvalue weighted by Gasteiger charge is -2.35. The number of hydrogen-bond acceptors (Lipinski definition) is 3. The van der Waals surface area contributed by atoms with Crippen molar-refractivity contribution >= 4 is 11.8 Å². The fraction of sp³-hybridized carbons (Fsp3) is 0.538. The Hall–Kier alpha value is -1.44. The Balaban J connectivity index is 1.35. The Morgan fingerprint density at radius 2 is 1.78 bits per heavy atom.